The average Bonchev–Trinajstić information content (AvgIpc) is 2.39. The minimum absolute atomic E-state index is 0.275. The highest BCUT2D eigenvalue weighted by Gasteiger charge is 2.27. The summed E-state index contributed by atoms with van der Waals surface area (Å²) in [5.41, 5.74) is 5.72. The summed E-state index contributed by atoms with van der Waals surface area (Å²) in [5, 5.41) is 27.0. The molecular formula is C12H16N2O2S. The molecule has 2 atom stereocenters. The number of nitrogens with two attached hydrogens (primary N) is 1. The van der Waals surface area contributed by atoms with Gasteiger partial charge in [0.2, 0.25) is 0 Å². The highest BCUT2D eigenvalue weighted by Crippen LogP contribution is 2.22. The molecule has 1 rings (SSSR count). The molecule has 4 nitrogen and oxygen atoms in total. The first-order valence-corrected chi connectivity index (χ1v) is 6.40. The van der Waals surface area contributed by atoms with Crippen molar-refractivity contribution < 1.29 is 10.2 Å². The molecule has 0 radical (unpaired) electrons. The summed E-state index contributed by atoms with van der Waals surface area (Å²) in [6.45, 7) is -0.275. The van der Waals surface area contributed by atoms with Crippen LogP contribution in [0, 0.1) is 11.3 Å². The number of aliphatic hydroxyl groups is 2. The molecule has 0 amide bonds. The van der Waals surface area contributed by atoms with Crippen molar-refractivity contribution in [3.05, 3.63) is 35.9 Å². The predicted octanol–water partition coefficient (Wildman–Crippen LogP) is 0.451. The van der Waals surface area contributed by atoms with Crippen molar-refractivity contribution >= 4 is 11.8 Å². The lowest BCUT2D eigenvalue weighted by Crippen LogP contribution is -2.38. The molecule has 17 heavy (non-hydrogen) atoms. The number of thioether (sulfide) groups is 1. The first kappa shape index (κ1) is 14.0. The summed E-state index contributed by atoms with van der Waals surface area (Å²) in [4.78, 5) is 0. The minimum atomic E-state index is -1.05. The van der Waals surface area contributed by atoms with Gasteiger partial charge in [0.25, 0.3) is 0 Å². The van der Waals surface area contributed by atoms with Gasteiger partial charge in [-0.3, -0.25) is 0 Å². The van der Waals surface area contributed by atoms with Gasteiger partial charge in [0.1, 0.15) is 5.54 Å². The zero-order valence-electron chi connectivity index (χ0n) is 9.41. The number of aliphatic hydroxyl groups excluding tert-OH is 2. The van der Waals surface area contributed by atoms with E-state index in [1.807, 2.05) is 30.3 Å². The maximum absolute atomic E-state index is 9.20. The first-order valence-electron chi connectivity index (χ1n) is 5.24. The molecule has 0 aliphatic carbocycles. The van der Waals surface area contributed by atoms with Crippen molar-refractivity contribution in [2.75, 3.05) is 18.1 Å². The molecule has 4 N–H and O–H groups in total. The molecule has 1 aromatic carbocycles. The number of nitrogens with zero attached hydrogens (tertiary/aromatic N) is 1. The van der Waals surface area contributed by atoms with Gasteiger partial charge in [-0.1, -0.05) is 30.3 Å². The van der Waals surface area contributed by atoms with E-state index >= 15 is 0 Å². The van der Waals surface area contributed by atoms with Crippen LogP contribution in [0.25, 0.3) is 0 Å². The van der Waals surface area contributed by atoms with Gasteiger partial charge in [-0.2, -0.15) is 17.0 Å². The molecule has 0 heterocycles. The molecule has 0 bridgehead atoms. The quantitative estimate of drug-likeness (QED) is 0.684. The third kappa shape index (κ3) is 4.02. The molecule has 0 saturated heterocycles. The maximum atomic E-state index is 9.20. The smallest absolute Gasteiger partial charge is 0.138 e. The Balaban J connectivity index is 2.62. The van der Waals surface area contributed by atoms with Gasteiger partial charge in [-0.25, -0.2) is 0 Å². The van der Waals surface area contributed by atoms with Crippen LogP contribution >= 0.6 is 11.8 Å². The second kappa shape index (κ2) is 6.62. The third-order valence-electron chi connectivity index (χ3n) is 2.34. The topological polar surface area (TPSA) is 90.3 Å². The SMILES string of the molecule is N#CC(N)(CSCC(O)CO)c1ccccc1. The Labute approximate surface area is 105 Å². The van der Waals surface area contributed by atoms with Crippen molar-refractivity contribution in [1.82, 2.24) is 0 Å². The minimum Gasteiger partial charge on any atom is -0.394 e. The first-order chi connectivity index (χ1) is 8.12. The van der Waals surface area contributed by atoms with Gasteiger partial charge in [0.05, 0.1) is 18.8 Å². The van der Waals surface area contributed by atoms with E-state index < -0.39 is 11.6 Å². The molecule has 5 heteroatoms. The number of nitriles is 1. The zero-order chi connectivity index (χ0) is 12.7. The van der Waals surface area contributed by atoms with Crippen molar-refractivity contribution in [3.63, 3.8) is 0 Å². The summed E-state index contributed by atoms with van der Waals surface area (Å²) >= 11 is 1.35. The Morgan fingerprint density at radius 2 is 2.06 bits per heavy atom. The number of hydrogen-bond acceptors (Lipinski definition) is 5. The summed E-state index contributed by atoms with van der Waals surface area (Å²) in [6.07, 6.45) is -0.765. The average molecular weight is 252 g/mol. The molecule has 92 valence electrons. The number of hydrogen-bond donors (Lipinski definition) is 3. The highest BCUT2D eigenvalue weighted by molar-refractivity contribution is 7.99. The largest absolute Gasteiger partial charge is 0.394 e. The fourth-order valence-electron chi connectivity index (χ4n) is 1.32. The van der Waals surface area contributed by atoms with Crippen LogP contribution in [0.1, 0.15) is 5.56 Å². The van der Waals surface area contributed by atoms with E-state index in [1.165, 1.54) is 11.8 Å². The van der Waals surface area contributed by atoms with Crippen LogP contribution in [0.3, 0.4) is 0 Å². The zero-order valence-corrected chi connectivity index (χ0v) is 10.2. The van der Waals surface area contributed by atoms with Gasteiger partial charge < -0.3 is 15.9 Å². The molecule has 0 saturated carbocycles. The summed E-state index contributed by atoms with van der Waals surface area (Å²) < 4.78 is 0. The van der Waals surface area contributed by atoms with Crippen LogP contribution in [0.2, 0.25) is 0 Å². The van der Waals surface area contributed by atoms with E-state index in [-0.39, 0.29) is 6.61 Å². The summed E-state index contributed by atoms with van der Waals surface area (Å²) in [5.74, 6) is 0.745. The molecule has 0 aliphatic rings. The molecule has 2 unspecified atom stereocenters. The second-order valence-corrected chi connectivity index (χ2v) is 4.83. The van der Waals surface area contributed by atoms with E-state index in [4.69, 9.17) is 16.1 Å². The van der Waals surface area contributed by atoms with Gasteiger partial charge in [-0.15, -0.1) is 0 Å². The van der Waals surface area contributed by atoms with Crippen molar-refractivity contribution in [1.29, 1.82) is 5.26 Å². The lowest BCUT2D eigenvalue weighted by molar-refractivity contribution is 0.113. The van der Waals surface area contributed by atoms with Crippen molar-refractivity contribution in [3.8, 4) is 6.07 Å². The van der Waals surface area contributed by atoms with Crippen LogP contribution in [0.4, 0.5) is 0 Å². The van der Waals surface area contributed by atoms with Crippen molar-refractivity contribution in [2.24, 2.45) is 5.73 Å². The van der Waals surface area contributed by atoms with Crippen LogP contribution in [-0.4, -0.2) is 34.4 Å². The molecule has 0 aliphatic heterocycles. The van der Waals surface area contributed by atoms with E-state index in [0.717, 1.165) is 5.56 Å². The Hall–Kier alpha value is -1.06. The maximum Gasteiger partial charge on any atom is 0.138 e. The van der Waals surface area contributed by atoms with E-state index in [9.17, 15) is 5.11 Å². The number of benzene rings is 1. The Kier molecular flexibility index (Phi) is 5.45. The van der Waals surface area contributed by atoms with Crippen LogP contribution in [0.5, 0.6) is 0 Å². The summed E-state index contributed by atoms with van der Waals surface area (Å²) in [7, 11) is 0. The number of rotatable bonds is 6. The highest BCUT2D eigenvalue weighted by atomic mass is 32.2. The van der Waals surface area contributed by atoms with Gasteiger partial charge in [0.15, 0.2) is 0 Å². The summed E-state index contributed by atoms with van der Waals surface area (Å²) in [6, 6.07) is 11.3. The van der Waals surface area contributed by atoms with Crippen LogP contribution in [0.15, 0.2) is 30.3 Å². The van der Waals surface area contributed by atoms with E-state index in [1.54, 1.807) is 0 Å². The van der Waals surface area contributed by atoms with Gasteiger partial charge in [0, 0.05) is 11.5 Å². The van der Waals surface area contributed by atoms with E-state index in [0.29, 0.717) is 11.5 Å². The Morgan fingerprint density at radius 1 is 1.41 bits per heavy atom. The van der Waals surface area contributed by atoms with Gasteiger partial charge in [-0.05, 0) is 5.56 Å². The van der Waals surface area contributed by atoms with E-state index in [2.05, 4.69) is 6.07 Å². The standard InChI is InChI=1S/C12H16N2O2S/c13-8-12(14,9-17-7-11(16)6-15)10-4-2-1-3-5-10/h1-5,11,15-16H,6-7,9,14H2. The van der Waals surface area contributed by atoms with Crippen LogP contribution < -0.4 is 5.73 Å². The lowest BCUT2D eigenvalue weighted by Gasteiger charge is -2.22. The second-order valence-electron chi connectivity index (χ2n) is 3.80. The van der Waals surface area contributed by atoms with Crippen LogP contribution in [-0.2, 0) is 5.54 Å². The molecule has 1 aromatic rings. The fraction of sp³-hybridized carbons (Fsp3) is 0.417. The normalized spacial score (nSPS) is 15.9. The Bertz CT molecular complexity index is 380. The molecule has 0 aromatic heterocycles. The monoisotopic (exact) mass is 252 g/mol. The Morgan fingerprint density at radius 3 is 2.59 bits per heavy atom. The van der Waals surface area contributed by atoms with Gasteiger partial charge >= 0.3 is 0 Å². The van der Waals surface area contributed by atoms with Crippen molar-refractivity contribution in [2.45, 2.75) is 11.6 Å². The molecular weight excluding hydrogens is 236 g/mol. The lowest BCUT2D eigenvalue weighted by atomic mass is 9.95. The fourth-order valence-corrected chi connectivity index (χ4v) is 2.37. The predicted molar refractivity (Wildman–Crippen MR) is 68.3 cm³/mol. The third-order valence-corrected chi connectivity index (χ3v) is 3.62. The molecule has 0 fully saturated rings. The molecule has 0 spiro atoms.